The van der Waals surface area contributed by atoms with Gasteiger partial charge in [0.1, 0.15) is 13.1 Å². The fraction of sp³-hybridized carbons (Fsp3) is 0.917. The predicted octanol–water partition coefficient (Wildman–Crippen LogP) is 1.92. The Morgan fingerprint density at radius 3 is 2.73 bits per heavy atom. The molecule has 0 unspecified atom stereocenters. The second kappa shape index (κ2) is 6.83. The van der Waals surface area contributed by atoms with Gasteiger partial charge in [-0.05, 0) is 20.3 Å². The summed E-state index contributed by atoms with van der Waals surface area (Å²) in [6, 6.07) is 0. The molecule has 0 N–H and O–H groups in total. The minimum atomic E-state index is 0.770. The van der Waals surface area contributed by atoms with Crippen molar-refractivity contribution in [3.05, 3.63) is 0 Å². The van der Waals surface area contributed by atoms with Gasteiger partial charge in [-0.3, -0.25) is 4.90 Å². The van der Waals surface area contributed by atoms with E-state index in [0.717, 1.165) is 26.4 Å². The summed E-state index contributed by atoms with van der Waals surface area (Å²) in [5.41, 5.74) is 0. The van der Waals surface area contributed by atoms with E-state index in [2.05, 4.69) is 30.2 Å². The van der Waals surface area contributed by atoms with Gasteiger partial charge in [0, 0.05) is 13.0 Å². The zero-order chi connectivity index (χ0) is 11.1. The van der Waals surface area contributed by atoms with Gasteiger partial charge < -0.3 is 4.74 Å². The van der Waals surface area contributed by atoms with E-state index in [4.69, 9.17) is 4.74 Å². The molecule has 1 heterocycles. The van der Waals surface area contributed by atoms with Crippen molar-refractivity contribution in [2.24, 2.45) is 0 Å². The molecule has 0 aromatic rings. The number of likely N-dealkylation sites (N-methyl/N-ethyl adjacent to an activating group) is 1. The molecule has 0 amide bonds. The Morgan fingerprint density at radius 1 is 1.33 bits per heavy atom. The van der Waals surface area contributed by atoms with Crippen LogP contribution in [-0.4, -0.2) is 48.3 Å². The van der Waals surface area contributed by atoms with Crippen LogP contribution in [0.15, 0.2) is 0 Å². The highest BCUT2D eigenvalue weighted by molar-refractivity contribution is 5.78. The molecule has 1 aliphatic heterocycles. The standard InChI is InChI=1S/C12H25N2O/c1-4-7-8-12-13(5-2)9-10-14(12)11-15-6-3/h4-11H2,1-3H3/q+1. The molecule has 15 heavy (non-hydrogen) atoms. The number of hydrogen-bond acceptors (Lipinski definition) is 2. The monoisotopic (exact) mass is 213 g/mol. The quantitative estimate of drug-likeness (QED) is 0.600. The van der Waals surface area contributed by atoms with Crippen molar-refractivity contribution < 1.29 is 9.31 Å². The van der Waals surface area contributed by atoms with Crippen molar-refractivity contribution >= 4 is 5.84 Å². The first-order chi connectivity index (χ1) is 7.33. The summed E-state index contributed by atoms with van der Waals surface area (Å²) < 4.78 is 7.89. The normalized spacial score (nSPS) is 16.6. The summed E-state index contributed by atoms with van der Waals surface area (Å²) in [5.74, 6) is 1.49. The van der Waals surface area contributed by atoms with E-state index in [-0.39, 0.29) is 0 Å². The highest BCUT2D eigenvalue weighted by atomic mass is 16.5. The molecule has 0 aromatic heterocycles. The van der Waals surface area contributed by atoms with Crippen LogP contribution in [0.25, 0.3) is 0 Å². The van der Waals surface area contributed by atoms with Gasteiger partial charge in [-0.2, -0.15) is 0 Å². The molecule has 1 rings (SSSR count). The zero-order valence-corrected chi connectivity index (χ0v) is 10.5. The van der Waals surface area contributed by atoms with Crippen LogP contribution in [0.5, 0.6) is 0 Å². The second-order valence-corrected chi connectivity index (χ2v) is 3.98. The molecular formula is C12H25N2O+. The summed E-state index contributed by atoms with van der Waals surface area (Å²) in [6.07, 6.45) is 3.76. The van der Waals surface area contributed by atoms with Gasteiger partial charge in [0.2, 0.25) is 5.84 Å². The molecule has 0 bridgehead atoms. The van der Waals surface area contributed by atoms with E-state index in [9.17, 15) is 0 Å². The fourth-order valence-electron chi connectivity index (χ4n) is 2.03. The number of unbranched alkanes of at least 4 members (excludes halogenated alkanes) is 1. The summed E-state index contributed by atoms with van der Waals surface area (Å²) in [4.78, 5) is 2.48. The van der Waals surface area contributed by atoms with Gasteiger partial charge >= 0.3 is 0 Å². The van der Waals surface area contributed by atoms with Crippen LogP contribution < -0.4 is 0 Å². The van der Waals surface area contributed by atoms with Crippen molar-refractivity contribution in [3.63, 3.8) is 0 Å². The Labute approximate surface area is 93.7 Å². The first-order valence-corrected chi connectivity index (χ1v) is 6.26. The topological polar surface area (TPSA) is 15.5 Å². The van der Waals surface area contributed by atoms with E-state index in [0.29, 0.717) is 0 Å². The molecule has 3 heteroatoms. The van der Waals surface area contributed by atoms with Crippen LogP contribution in [-0.2, 0) is 4.74 Å². The maximum Gasteiger partial charge on any atom is 0.248 e. The van der Waals surface area contributed by atoms with Crippen LogP contribution in [0.2, 0.25) is 0 Å². The van der Waals surface area contributed by atoms with Crippen molar-refractivity contribution in [2.75, 3.05) is 33.0 Å². The van der Waals surface area contributed by atoms with Gasteiger partial charge in [0.15, 0.2) is 6.73 Å². The van der Waals surface area contributed by atoms with Crippen molar-refractivity contribution in [3.8, 4) is 0 Å². The zero-order valence-electron chi connectivity index (χ0n) is 10.5. The van der Waals surface area contributed by atoms with Gasteiger partial charge in [0.05, 0.1) is 6.54 Å². The third-order valence-corrected chi connectivity index (χ3v) is 2.96. The third kappa shape index (κ3) is 3.49. The van der Waals surface area contributed by atoms with E-state index in [1.807, 2.05) is 0 Å². The van der Waals surface area contributed by atoms with E-state index < -0.39 is 0 Å². The van der Waals surface area contributed by atoms with Gasteiger partial charge in [-0.25, -0.2) is 4.58 Å². The van der Waals surface area contributed by atoms with Crippen LogP contribution in [0, 0.1) is 0 Å². The molecule has 0 aromatic carbocycles. The summed E-state index contributed by atoms with van der Waals surface area (Å²) >= 11 is 0. The van der Waals surface area contributed by atoms with Gasteiger partial charge in [-0.1, -0.05) is 13.3 Å². The van der Waals surface area contributed by atoms with Crippen LogP contribution in [0.1, 0.15) is 40.0 Å². The van der Waals surface area contributed by atoms with Gasteiger partial charge in [0.25, 0.3) is 0 Å². The van der Waals surface area contributed by atoms with Crippen LogP contribution in [0.4, 0.5) is 0 Å². The number of nitrogens with zero attached hydrogens (tertiary/aromatic N) is 2. The molecule has 0 atom stereocenters. The van der Waals surface area contributed by atoms with Crippen LogP contribution >= 0.6 is 0 Å². The number of ether oxygens (including phenoxy) is 1. The number of hydrogen-bond donors (Lipinski definition) is 0. The summed E-state index contributed by atoms with van der Waals surface area (Å²) in [6.45, 7) is 11.5. The minimum absolute atomic E-state index is 0.770. The Hall–Kier alpha value is -0.570. The molecule has 3 nitrogen and oxygen atoms in total. The lowest BCUT2D eigenvalue weighted by Crippen LogP contribution is -2.29. The highest BCUT2D eigenvalue weighted by Crippen LogP contribution is 2.08. The molecule has 0 saturated carbocycles. The first kappa shape index (κ1) is 12.5. The minimum Gasteiger partial charge on any atom is -0.342 e. The molecule has 0 aliphatic carbocycles. The average molecular weight is 213 g/mol. The van der Waals surface area contributed by atoms with Crippen molar-refractivity contribution in [1.82, 2.24) is 4.90 Å². The third-order valence-electron chi connectivity index (χ3n) is 2.96. The second-order valence-electron chi connectivity index (χ2n) is 3.98. The van der Waals surface area contributed by atoms with Crippen LogP contribution in [0.3, 0.4) is 0 Å². The highest BCUT2D eigenvalue weighted by Gasteiger charge is 2.27. The fourth-order valence-corrected chi connectivity index (χ4v) is 2.03. The molecule has 0 saturated heterocycles. The molecule has 0 radical (unpaired) electrons. The Bertz CT molecular complexity index is 214. The summed E-state index contributed by atoms with van der Waals surface area (Å²) in [5, 5.41) is 0. The summed E-state index contributed by atoms with van der Waals surface area (Å²) in [7, 11) is 0. The maximum atomic E-state index is 5.50. The Morgan fingerprint density at radius 2 is 2.13 bits per heavy atom. The Kier molecular flexibility index (Phi) is 5.69. The Balaban J connectivity index is 2.56. The molecule has 0 fully saturated rings. The largest absolute Gasteiger partial charge is 0.342 e. The lowest BCUT2D eigenvalue weighted by Gasteiger charge is -2.10. The average Bonchev–Trinajstić information content (AvgIpc) is 2.65. The molecule has 1 aliphatic rings. The van der Waals surface area contributed by atoms with E-state index in [1.54, 1.807) is 0 Å². The van der Waals surface area contributed by atoms with Crippen molar-refractivity contribution in [1.29, 1.82) is 0 Å². The van der Waals surface area contributed by atoms with E-state index in [1.165, 1.54) is 31.6 Å². The number of amidine groups is 1. The predicted molar refractivity (Wildman–Crippen MR) is 63.4 cm³/mol. The van der Waals surface area contributed by atoms with Crippen molar-refractivity contribution in [2.45, 2.75) is 40.0 Å². The van der Waals surface area contributed by atoms with E-state index >= 15 is 0 Å². The molecular weight excluding hydrogens is 188 g/mol. The lowest BCUT2D eigenvalue weighted by molar-refractivity contribution is -0.560. The maximum absolute atomic E-state index is 5.50. The smallest absolute Gasteiger partial charge is 0.248 e. The van der Waals surface area contributed by atoms with Gasteiger partial charge in [-0.15, -0.1) is 0 Å². The molecule has 0 spiro atoms. The first-order valence-electron chi connectivity index (χ1n) is 6.26. The SMILES string of the molecule is CCCCC1=[N+](COCC)CCN1CC. The lowest BCUT2D eigenvalue weighted by atomic mass is 10.2. The molecule has 88 valence electrons. The number of rotatable bonds is 7.